The first-order valence-electron chi connectivity index (χ1n) is 9.02. The molecule has 2 heterocycles. The number of benzene rings is 2. The maximum atomic E-state index is 13.4. The third-order valence-electron chi connectivity index (χ3n) is 4.72. The second kappa shape index (κ2) is 7.96. The number of fused-ring (bicyclic) bond motifs is 1. The molecule has 0 spiro atoms. The lowest BCUT2D eigenvalue weighted by Crippen LogP contribution is -2.48. The summed E-state index contributed by atoms with van der Waals surface area (Å²) in [7, 11) is 0. The number of carbonyl (C=O) groups is 1. The molecule has 0 bridgehead atoms. The highest BCUT2D eigenvalue weighted by atomic mass is 32.1. The summed E-state index contributed by atoms with van der Waals surface area (Å²) in [5.74, 6) is -0.378. The number of hydrogen-bond acceptors (Lipinski definition) is 6. The van der Waals surface area contributed by atoms with Crippen LogP contribution >= 0.6 is 11.3 Å². The fraction of sp³-hybridized carbons (Fsp3) is 0.200. The van der Waals surface area contributed by atoms with Gasteiger partial charge in [0.25, 0.3) is 5.69 Å². The van der Waals surface area contributed by atoms with E-state index in [1.54, 1.807) is 29.2 Å². The summed E-state index contributed by atoms with van der Waals surface area (Å²) in [6.07, 6.45) is 3.14. The van der Waals surface area contributed by atoms with Crippen molar-refractivity contribution in [2.75, 3.05) is 31.1 Å². The summed E-state index contributed by atoms with van der Waals surface area (Å²) in [5.41, 5.74) is 1.52. The summed E-state index contributed by atoms with van der Waals surface area (Å²) in [6, 6.07) is 10.6. The lowest BCUT2D eigenvalue weighted by atomic mass is 10.2. The zero-order valence-electron chi connectivity index (χ0n) is 15.3. The average Bonchev–Trinajstić information content (AvgIpc) is 3.15. The van der Waals surface area contributed by atoms with E-state index < -0.39 is 4.92 Å². The molecule has 2 aromatic carbocycles. The minimum Gasteiger partial charge on any atom is -0.345 e. The molecule has 0 radical (unpaired) electrons. The van der Waals surface area contributed by atoms with Crippen LogP contribution in [0.3, 0.4) is 0 Å². The Morgan fingerprint density at radius 2 is 1.86 bits per heavy atom. The fourth-order valence-corrected chi connectivity index (χ4v) is 4.16. The minimum atomic E-state index is -0.458. The van der Waals surface area contributed by atoms with Crippen LogP contribution in [0.25, 0.3) is 16.3 Å². The topological polar surface area (TPSA) is 79.6 Å². The molecular weight excluding hydrogens is 395 g/mol. The second-order valence-corrected chi connectivity index (χ2v) is 7.61. The monoisotopic (exact) mass is 412 g/mol. The van der Waals surface area contributed by atoms with Gasteiger partial charge in [-0.05, 0) is 42.0 Å². The summed E-state index contributed by atoms with van der Waals surface area (Å²) in [6.45, 7) is 2.43. The van der Waals surface area contributed by atoms with Crippen LogP contribution in [0, 0.1) is 15.9 Å². The molecule has 1 amide bonds. The maximum Gasteiger partial charge on any atom is 0.269 e. The van der Waals surface area contributed by atoms with Gasteiger partial charge < -0.3 is 9.80 Å². The van der Waals surface area contributed by atoms with Crippen LogP contribution in [0.5, 0.6) is 0 Å². The molecule has 0 saturated carbocycles. The molecule has 0 unspecified atom stereocenters. The van der Waals surface area contributed by atoms with E-state index in [1.165, 1.54) is 41.7 Å². The minimum absolute atomic E-state index is 0.0159. The number of piperazine rings is 1. The molecule has 3 aromatic rings. The van der Waals surface area contributed by atoms with E-state index in [1.807, 2.05) is 0 Å². The SMILES string of the molecule is O=C(/C=C/c1ccc([N+](=O)[O-])cc1)N1CCN(c2nc3ccc(F)cc3s2)CC1. The Morgan fingerprint density at radius 3 is 2.55 bits per heavy atom. The molecular formula is C20H17FN4O3S. The van der Waals surface area contributed by atoms with Crippen molar-refractivity contribution < 1.29 is 14.1 Å². The first kappa shape index (κ1) is 19.0. The Labute approximate surface area is 169 Å². The van der Waals surface area contributed by atoms with Crippen molar-refractivity contribution >= 4 is 44.4 Å². The number of hydrogen-bond donors (Lipinski definition) is 0. The van der Waals surface area contributed by atoms with E-state index in [2.05, 4.69) is 9.88 Å². The summed E-state index contributed by atoms with van der Waals surface area (Å²) < 4.78 is 14.2. The number of carbonyl (C=O) groups excluding carboxylic acids is 1. The van der Waals surface area contributed by atoms with Gasteiger partial charge in [-0.3, -0.25) is 14.9 Å². The van der Waals surface area contributed by atoms with Gasteiger partial charge in [-0.25, -0.2) is 9.37 Å². The van der Waals surface area contributed by atoms with Crippen molar-refractivity contribution in [3.63, 3.8) is 0 Å². The van der Waals surface area contributed by atoms with E-state index in [0.29, 0.717) is 26.2 Å². The van der Waals surface area contributed by atoms with E-state index >= 15 is 0 Å². The van der Waals surface area contributed by atoms with Crippen LogP contribution < -0.4 is 4.90 Å². The molecule has 0 atom stereocenters. The molecule has 29 heavy (non-hydrogen) atoms. The molecule has 1 aliphatic heterocycles. The number of rotatable bonds is 4. The number of thiazole rings is 1. The summed E-state index contributed by atoms with van der Waals surface area (Å²) in [4.78, 5) is 31.1. The molecule has 9 heteroatoms. The Bertz CT molecular complexity index is 1090. The van der Waals surface area contributed by atoms with Crippen molar-refractivity contribution in [2.24, 2.45) is 0 Å². The van der Waals surface area contributed by atoms with E-state index in [0.717, 1.165) is 20.9 Å². The molecule has 1 fully saturated rings. The molecule has 7 nitrogen and oxygen atoms in total. The van der Waals surface area contributed by atoms with Crippen LogP contribution in [-0.4, -0.2) is 46.9 Å². The maximum absolute atomic E-state index is 13.4. The van der Waals surface area contributed by atoms with Crippen molar-refractivity contribution in [1.82, 2.24) is 9.88 Å². The number of aromatic nitrogens is 1. The standard InChI is InChI=1S/C20H17FN4O3S/c21-15-4-7-17-18(13-15)29-20(22-17)24-11-9-23(10-12-24)19(26)8-3-14-1-5-16(6-2-14)25(27)28/h1-8,13H,9-12H2/b8-3+. The average molecular weight is 412 g/mol. The largest absolute Gasteiger partial charge is 0.345 e. The van der Waals surface area contributed by atoms with Gasteiger partial charge in [-0.2, -0.15) is 0 Å². The normalized spacial score (nSPS) is 14.7. The van der Waals surface area contributed by atoms with Gasteiger partial charge in [0.15, 0.2) is 5.13 Å². The van der Waals surface area contributed by atoms with E-state index in [9.17, 15) is 19.3 Å². The van der Waals surface area contributed by atoms with Gasteiger partial charge in [0.2, 0.25) is 5.91 Å². The first-order valence-corrected chi connectivity index (χ1v) is 9.84. The Hall–Kier alpha value is -3.33. The number of non-ortho nitro benzene ring substituents is 1. The van der Waals surface area contributed by atoms with Crippen LogP contribution in [0.2, 0.25) is 0 Å². The fourth-order valence-electron chi connectivity index (χ4n) is 3.12. The van der Waals surface area contributed by atoms with Gasteiger partial charge in [0.1, 0.15) is 5.82 Å². The second-order valence-electron chi connectivity index (χ2n) is 6.60. The van der Waals surface area contributed by atoms with Gasteiger partial charge in [-0.1, -0.05) is 11.3 Å². The number of nitrogens with zero attached hydrogens (tertiary/aromatic N) is 4. The quantitative estimate of drug-likeness (QED) is 0.371. The van der Waals surface area contributed by atoms with Gasteiger partial charge in [0, 0.05) is 44.4 Å². The summed E-state index contributed by atoms with van der Waals surface area (Å²) >= 11 is 1.45. The number of nitro benzene ring substituents is 1. The lowest BCUT2D eigenvalue weighted by Gasteiger charge is -2.34. The van der Waals surface area contributed by atoms with Crippen LogP contribution in [0.1, 0.15) is 5.56 Å². The predicted octanol–water partition coefficient (Wildman–Crippen LogP) is 3.71. The highest BCUT2D eigenvalue weighted by Crippen LogP contribution is 2.29. The third kappa shape index (κ3) is 4.24. The molecule has 0 N–H and O–H groups in total. The van der Waals surface area contributed by atoms with Crippen molar-refractivity contribution in [3.8, 4) is 0 Å². The van der Waals surface area contributed by atoms with Crippen LogP contribution in [0.4, 0.5) is 15.2 Å². The van der Waals surface area contributed by atoms with Gasteiger partial charge >= 0.3 is 0 Å². The van der Waals surface area contributed by atoms with Crippen molar-refractivity contribution in [2.45, 2.75) is 0 Å². The highest BCUT2D eigenvalue weighted by molar-refractivity contribution is 7.22. The molecule has 1 saturated heterocycles. The van der Waals surface area contributed by atoms with Crippen molar-refractivity contribution in [1.29, 1.82) is 0 Å². The van der Waals surface area contributed by atoms with E-state index in [4.69, 9.17) is 0 Å². The smallest absolute Gasteiger partial charge is 0.269 e. The van der Waals surface area contributed by atoms with E-state index in [-0.39, 0.29) is 17.4 Å². The predicted molar refractivity (Wildman–Crippen MR) is 111 cm³/mol. The van der Waals surface area contributed by atoms with Crippen molar-refractivity contribution in [3.05, 3.63) is 70.0 Å². The zero-order chi connectivity index (χ0) is 20.4. The van der Waals surface area contributed by atoms with Crippen LogP contribution in [0.15, 0.2) is 48.5 Å². The van der Waals surface area contributed by atoms with Gasteiger partial charge in [-0.15, -0.1) is 0 Å². The van der Waals surface area contributed by atoms with Gasteiger partial charge in [0.05, 0.1) is 15.1 Å². The molecule has 148 valence electrons. The molecule has 4 rings (SSSR count). The number of halogens is 1. The zero-order valence-corrected chi connectivity index (χ0v) is 16.1. The lowest BCUT2D eigenvalue weighted by molar-refractivity contribution is -0.384. The number of amides is 1. The summed E-state index contributed by atoms with van der Waals surface area (Å²) in [5, 5.41) is 11.5. The molecule has 1 aliphatic rings. The Morgan fingerprint density at radius 1 is 1.14 bits per heavy atom. The molecule has 1 aromatic heterocycles. The Balaban J connectivity index is 1.35. The first-order chi connectivity index (χ1) is 14.0. The van der Waals surface area contributed by atoms with Crippen LogP contribution in [-0.2, 0) is 4.79 Å². The Kier molecular flexibility index (Phi) is 5.22. The highest BCUT2D eigenvalue weighted by Gasteiger charge is 2.22. The molecule has 0 aliphatic carbocycles. The third-order valence-corrected chi connectivity index (χ3v) is 5.80. The number of anilines is 1. The number of nitro groups is 1.